The van der Waals surface area contributed by atoms with Gasteiger partial charge < -0.3 is 10.1 Å². The van der Waals surface area contributed by atoms with E-state index < -0.39 is 34.5 Å². The summed E-state index contributed by atoms with van der Waals surface area (Å²) in [6, 6.07) is 4.54. The molecule has 0 unspecified atom stereocenters. The average Bonchev–Trinajstić information content (AvgIpc) is 2.76. The second kappa shape index (κ2) is 13.1. The molecular formula is C21H29ClN2O5S2. The number of sulfonamides is 1. The number of carbonyl (C=O) groups excluding carboxylic acids is 2. The number of amides is 1. The summed E-state index contributed by atoms with van der Waals surface area (Å²) in [5.74, 6) is -0.643. The molecule has 0 aromatic heterocycles. The Kier molecular flexibility index (Phi) is 10.9. The third-order valence-electron chi connectivity index (χ3n) is 4.82. The van der Waals surface area contributed by atoms with E-state index in [-0.39, 0.29) is 11.3 Å². The van der Waals surface area contributed by atoms with Crippen LogP contribution in [-0.4, -0.2) is 51.5 Å². The Morgan fingerprint density at radius 2 is 1.97 bits per heavy atom. The number of hydrogen-bond acceptors (Lipinski definition) is 6. The average molecular weight is 489 g/mol. The molecule has 0 fully saturated rings. The van der Waals surface area contributed by atoms with E-state index in [0.29, 0.717) is 17.3 Å². The highest BCUT2D eigenvalue weighted by Crippen LogP contribution is 2.19. The van der Waals surface area contributed by atoms with E-state index in [1.54, 1.807) is 0 Å². The Hall–Kier alpha value is -1.55. The monoisotopic (exact) mass is 488 g/mol. The third-order valence-corrected chi connectivity index (χ3v) is 7.20. The summed E-state index contributed by atoms with van der Waals surface area (Å²) >= 11 is 7.28. The number of allylic oxidation sites excluding steroid dienone is 1. The minimum absolute atomic E-state index is 0.00591. The van der Waals surface area contributed by atoms with Crippen LogP contribution in [0.2, 0.25) is 5.02 Å². The molecule has 31 heavy (non-hydrogen) atoms. The highest BCUT2D eigenvalue weighted by molar-refractivity contribution is 7.98. The molecule has 0 bridgehead atoms. The third kappa shape index (κ3) is 9.22. The highest BCUT2D eigenvalue weighted by Gasteiger charge is 2.27. The largest absolute Gasteiger partial charge is 0.454 e. The van der Waals surface area contributed by atoms with Crippen molar-refractivity contribution < 1.29 is 22.7 Å². The first-order valence-electron chi connectivity index (χ1n) is 10.2. The standard InChI is InChI=1S/C21H29ClN2O5S2/c1-30-14-12-19(24-31(27,28)18-9-7-17(22)8-10-18)21(26)29-15-20(25)23-13-11-16-5-3-2-4-6-16/h5,7-10,19,24H,2-4,6,11-15H2,1H3,(H,23,25)/t19-/m1/s1. The van der Waals surface area contributed by atoms with E-state index in [2.05, 4.69) is 16.1 Å². The number of thioether (sulfide) groups is 1. The van der Waals surface area contributed by atoms with Crippen molar-refractivity contribution in [1.29, 1.82) is 0 Å². The lowest BCUT2D eigenvalue weighted by molar-refractivity contribution is -0.150. The highest BCUT2D eigenvalue weighted by atomic mass is 35.5. The Balaban J connectivity index is 1.86. The van der Waals surface area contributed by atoms with E-state index in [0.717, 1.165) is 19.3 Å². The fourth-order valence-corrected chi connectivity index (χ4v) is 4.93. The first-order valence-corrected chi connectivity index (χ1v) is 13.5. The second-order valence-corrected chi connectivity index (χ2v) is 10.4. The molecule has 2 N–H and O–H groups in total. The van der Waals surface area contributed by atoms with Crippen LogP contribution in [0.3, 0.4) is 0 Å². The fourth-order valence-electron chi connectivity index (χ4n) is 3.11. The summed E-state index contributed by atoms with van der Waals surface area (Å²) < 4.78 is 32.7. The lowest BCUT2D eigenvalue weighted by atomic mass is 9.97. The zero-order valence-corrected chi connectivity index (χ0v) is 20.0. The van der Waals surface area contributed by atoms with Crippen LogP contribution >= 0.6 is 23.4 Å². The molecule has 0 heterocycles. The van der Waals surface area contributed by atoms with Crippen molar-refractivity contribution in [2.45, 2.75) is 49.5 Å². The maximum absolute atomic E-state index is 12.6. The van der Waals surface area contributed by atoms with Gasteiger partial charge in [-0.15, -0.1) is 0 Å². The predicted molar refractivity (Wildman–Crippen MR) is 124 cm³/mol. The molecule has 10 heteroatoms. The Labute approximate surface area is 193 Å². The van der Waals surface area contributed by atoms with Crippen LogP contribution in [0.25, 0.3) is 0 Å². The van der Waals surface area contributed by atoms with Gasteiger partial charge in [0.1, 0.15) is 6.04 Å². The number of ether oxygens (including phenoxy) is 1. The van der Waals surface area contributed by atoms with E-state index >= 15 is 0 Å². The van der Waals surface area contributed by atoms with Crippen LogP contribution < -0.4 is 10.0 Å². The molecular weight excluding hydrogens is 460 g/mol. The molecule has 1 amide bonds. The smallest absolute Gasteiger partial charge is 0.324 e. The molecule has 0 saturated heterocycles. The van der Waals surface area contributed by atoms with Gasteiger partial charge >= 0.3 is 5.97 Å². The van der Waals surface area contributed by atoms with Gasteiger partial charge in [0.2, 0.25) is 10.0 Å². The van der Waals surface area contributed by atoms with E-state index in [9.17, 15) is 18.0 Å². The minimum atomic E-state index is -3.94. The van der Waals surface area contributed by atoms with Gasteiger partial charge in [0.25, 0.3) is 5.91 Å². The number of nitrogens with one attached hydrogen (secondary N) is 2. The zero-order valence-electron chi connectivity index (χ0n) is 17.6. The molecule has 1 aliphatic rings. The number of carbonyl (C=O) groups is 2. The van der Waals surface area contributed by atoms with E-state index in [1.165, 1.54) is 54.4 Å². The molecule has 1 aliphatic carbocycles. The molecule has 172 valence electrons. The summed E-state index contributed by atoms with van der Waals surface area (Å²) in [7, 11) is -3.94. The Morgan fingerprint density at radius 3 is 2.61 bits per heavy atom. The molecule has 0 saturated carbocycles. The van der Waals surface area contributed by atoms with Crippen LogP contribution in [0.4, 0.5) is 0 Å². The lowest BCUT2D eigenvalue weighted by Gasteiger charge is -2.17. The van der Waals surface area contributed by atoms with E-state index in [1.807, 2.05) is 6.26 Å². The number of rotatable bonds is 12. The molecule has 1 aromatic carbocycles. The Bertz CT molecular complexity index is 872. The van der Waals surface area contributed by atoms with Crippen molar-refractivity contribution in [3.05, 3.63) is 40.9 Å². The van der Waals surface area contributed by atoms with Gasteiger partial charge in [-0.1, -0.05) is 23.3 Å². The van der Waals surface area contributed by atoms with Crippen molar-refractivity contribution in [1.82, 2.24) is 10.0 Å². The van der Waals surface area contributed by atoms with E-state index in [4.69, 9.17) is 16.3 Å². The molecule has 2 rings (SSSR count). The van der Waals surface area contributed by atoms with Crippen molar-refractivity contribution >= 4 is 45.3 Å². The van der Waals surface area contributed by atoms with Crippen molar-refractivity contribution in [2.24, 2.45) is 0 Å². The summed E-state index contributed by atoms with van der Waals surface area (Å²) in [5, 5.41) is 3.14. The minimum Gasteiger partial charge on any atom is -0.454 e. The SMILES string of the molecule is CSCC[C@@H](NS(=O)(=O)c1ccc(Cl)cc1)C(=O)OCC(=O)NCCC1=CCCCC1. The van der Waals surface area contributed by atoms with Gasteiger partial charge in [0.15, 0.2) is 6.61 Å². The molecule has 1 atom stereocenters. The quantitative estimate of drug-likeness (QED) is 0.346. The van der Waals surface area contributed by atoms with Gasteiger partial charge in [-0.25, -0.2) is 8.42 Å². The topological polar surface area (TPSA) is 102 Å². The van der Waals surface area contributed by atoms with Gasteiger partial charge in [-0.05, 0) is 74.8 Å². The number of halogens is 1. The summed E-state index contributed by atoms with van der Waals surface area (Å²) in [4.78, 5) is 24.5. The van der Waals surface area contributed by atoms with Crippen LogP contribution in [0.15, 0.2) is 40.8 Å². The summed E-state index contributed by atoms with van der Waals surface area (Å²) in [6.45, 7) is 0.0393. The van der Waals surface area contributed by atoms with Crippen molar-refractivity contribution in [2.75, 3.05) is 25.2 Å². The number of hydrogen-bond donors (Lipinski definition) is 2. The van der Waals surface area contributed by atoms with Gasteiger partial charge in [-0.2, -0.15) is 16.5 Å². The molecule has 1 aromatic rings. The molecule has 0 radical (unpaired) electrons. The summed E-state index contributed by atoms with van der Waals surface area (Å²) in [5.41, 5.74) is 1.34. The Morgan fingerprint density at radius 1 is 1.23 bits per heavy atom. The number of esters is 1. The normalized spacial score (nSPS) is 15.1. The zero-order chi connectivity index (χ0) is 22.7. The van der Waals surface area contributed by atoms with Gasteiger partial charge in [-0.3, -0.25) is 9.59 Å². The maximum Gasteiger partial charge on any atom is 0.324 e. The fraction of sp³-hybridized carbons (Fsp3) is 0.524. The lowest BCUT2D eigenvalue weighted by Crippen LogP contribution is -2.43. The molecule has 0 aliphatic heterocycles. The van der Waals surface area contributed by atoms with Gasteiger partial charge in [0, 0.05) is 11.6 Å². The van der Waals surface area contributed by atoms with Crippen LogP contribution in [-0.2, 0) is 24.3 Å². The second-order valence-electron chi connectivity index (χ2n) is 7.23. The van der Waals surface area contributed by atoms with Crippen molar-refractivity contribution in [3.8, 4) is 0 Å². The first-order chi connectivity index (χ1) is 14.8. The van der Waals surface area contributed by atoms with Gasteiger partial charge in [0.05, 0.1) is 4.90 Å². The van der Waals surface area contributed by atoms with Crippen LogP contribution in [0.5, 0.6) is 0 Å². The summed E-state index contributed by atoms with van der Waals surface area (Å²) in [6.07, 6.45) is 9.65. The van der Waals surface area contributed by atoms with Crippen LogP contribution in [0, 0.1) is 0 Å². The first kappa shape index (κ1) is 25.7. The van der Waals surface area contributed by atoms with Crippen LogP contribution in [0.1, 0.15) is 38.5 Å². The molecule has 0 spiro atoms. The maximum atomic E-state index is 12.6. The predicted octanol–water partition coefficient (Wildman–Crippen LogP) is 3.29. The van der Waals surface area contributed by atoms with Crippen molar-refractivity contribution in [3.63, 3.8) is 0 Å². The number of benzene rings is 1. The molecule has 7 nitrogen and oxygen atoms in total.